The van der Waals surface area contributed by atoms with Gasteiger partial charge in [0.25, 0.3) is 0 Å². The van der Waals surface area contributed by atoms with Crippen LogP contribution >= 0.6 is 23.2 Å². The number of carbonyl (C=O) groups excluding carboxylic acids is 1. The summed E-state index contributed by atoms with van der Waals surface area (Å²) < 4.78 is 22.2. The molecule has 0 spiro atoms. The number of hydrogen-bond donors (Lipinski definition) is 0. The lowest BCUT2D eigenvalue weighted by molar-refractivity contribution is -0.150. The van der Waals surface area contributed by atoms with Crippen molar-refractivity contribution >= 4 is 39.9 Å². The summed E-state index contributed by atoms with van der Waals surface area (Å²) in [6, 6.07) is 17.1. The standard InChI is InChI=1S/C29H27Cl2NO5/c1-17(18-5-6-20-12-22(34-2)9-7-19(20)11-18)29(33)37-27(14-23-24(30)15-32-16-25(23)31)21-8-10-26(35-3)28(13-21)36-4/h5-13,15-17,27H,14H2,1-4H3/t17-,27+/m0/s1. The zero-order chi connectivity index (χ0) is 26.5. The summed E-state index contributed by atoms with van der Waals surface area (Å²) in [5.41, 5.74) is 2.19. The lowest BCUT2D eigenvalue weighted by Gasteiger charge is -2.23. The number of nitrogens with zero attached hydrogens (tertiary/aromatic N) is 1. The van der Waals surface area contributed by atoms with E-state index in [2.05, 4.69) is 4.98 Å². The van der Waals surface area contributed by atoms with E-state index in [1.54, 1.807) is 33.5 Å². The maximum Gasteiger partial charge on any atom is 0.313 e. The highest BCUT2D eigenvalue weighted by Gasteiger charge is 2.26. The molecule has 0 N–H and O–H groups in total. The summed E-state index contributed by atoms with van der Waals surface area (Å²) in [6.45, 7) is 1.82. The highest BCUT2D eigenvalue weighted by Crippen LogP contribution is 2.36. The Morgan fingerprint density at radius 1 is 0.811 bits per heavy atom. The van der Waals surface area contributed by atoms with Crippen molar-refractivity contribution in [3.63, 3.8) is 0 Å². The first-order valence-corrected chi connectivity index (χ1v) is 12.4. The van der Waals surface area contributed by atoms with Gasteiger partial charge in [0.1, 0.15) is 11.9 Å². The number of hydrogen-bond acceptors (Lipinski definition) is 6. The van der Waals surface area contributed by atoms with Gasteiger partial charge in [0.15, 0.2) is 11.5 Å². The molecule has 0 unspecified atom stereocenters. The van der Waals surface area contributed by atoms with Crippen molar-refractivity contribution in [3.05, 3.63) is 93.7 Å². The normalized spacial score (nSPS) is 12.6. The first-order valence-electron chi connectivity index (χ1n) is 11.6. The third-order valence-corrected chi connectivity index (χ3v) is 6.96. The average Bonchev–Trinajstić information content (AvgIpc) is 2.92. The van der Waals surface area contributed by atoms with E-state index >= 15 is 0 Å². The van der Waals surface area contributed by atoms with Crippen LogP contribution in [-0.4, -0.2) is 32.3 Å². The molecule has 8 heteroatoms. The van der Waals surface area contributed by atoms with Crippen molar-refractivity contribution in [1.82, 2.24) is 4.98 Å². The molecule has 2 atom stereocenters. The quantitative estimate of drug-likeness (QED) is 0.209. The predicted molar refractivity (Wildman–Crippen MR) is 145 cm³/mol. The molecule has 0 saturated heterocycles. The minimum atomic E-state index is -0.683. The molecule has 0 amide bonds. The van der Waals surface area contributed by atoms with Crippen molar-refractivity contribution in [3.8, 4) is 17.2 Å². The van der Waals surface area contributed by atoms with Crippen molar-refractivity contribution in [1.29, 1.82) is 0 Å². The second-order valence-electron chi connectivity index (χ2n) is 8.52. The van der Waals surface area contributed by atoms with Gasteiger partial charge in [-0.15, -0.1) is 0 Å². The van der Waals surface area contributed by atoms with Crippen LogP contribution in [0, 0.1) is 0 Å². The summed E-state index contributed by atoms with van der Waals surface area (Å²) in [5.74, 6) is 0.967. The van der Waals surface area contributed by atoms with Gasteiger partial charge >= 0.3 is 5.97 Å². The Balaban J connectivity index is 1.65. The van der Waals surface area contributed by atoms with Crippen LogP contribution in [0.25, 0.3) is 10.8 Å². The Bertz CT molecular complexity index is 1400. The number of ether oxygens (including phenoxy) is 4. The maximum atomic E-state index is 13.4. The van der Waals surface area contributed by atoms with Crippen LogP contribution in [-0.2, 0) is 16.0 Å². The van der Waals surface area contributed by atoms with Crippen LogP contribution in [0.5, 0.6) is 17.2 Å². The smallest absolute Gasteiger partial charge is 0.313 e. The summed E-state index contributed by atoms with van der Waals surface area (Å²) in [5, 5.41) is 2.82. The highest BCUT2D eigenvalue weighted by molar-refractivity contribution is 6.35. The van der Waals surface area contributed by atoms with Gasteiger partial charge in [-0.05, 0) is 58.7 Å². The molecule has 1 heterocycles. The third kappa shape index (κ3) is 5.92. The largest absolute Gasteiger partial charge is 0.497 e. The molecule has 4 aromatic rings. The monoisotopic (exact) mass is 539 g/mol. The first-order chi connectivity index (χ1) is 17.8. The zero-order valence-corrected chi connectivity index (χ0v) is 22.5. The van der Waals surface area contributed by atoms with Crippen molar-refractivity contribution in [2.24, 2.45) is 0 Å². The van der Waals surface area contributed by atoms with Crippen LogP contribution in [0.15, 0.2) is 67.0 Å². The molecule has 0 saturated carbocycles. The second-order valence-corrected chi connectivity index (χ2v) is 9.33. The number of benzene rings is 3. The van der Waals surface area contributed by atoms with Gasteiger partial charge in [-0.25, -0.2) is 0 Å². The fourth-order valence-corrected chi connectivity index (χ4v) is 4.64. The van der Waals surface area contributed by atoms with Gasteiger partial charge in [0.05, 0.1) is 37.3 Å². The fraction of sp³-hybridized carbons (Fsp3) is 0.241. The number of carbonyl (C=O) groups is 1. The Kier molecular flexibility index (Phi) is 8.41. The molecule has 0 aliphatic heterocycles. The number of pyridine rings is 1. The minimum absolute atomic E-state index is 0.256. The predicted octanol–water partition coefficient (Wildman–Crippen LogP) is 7.20. The molecule has 0 aliphatic rings. The molecule has 1 aromatic heterocycles. The summed E-state index contributed by atoms with van der Waals surface area (Å²) >= 11 is 12.8. The van der Waals surface area contributed by atoms with Gasteiger partial charge < -0.3 is 18.9 Å². The van der Waals surface area contributed by atoms with E-state index in [0.717, 1.165) is 22.1 Å². The number of aromatic nitrogens is 1. The lowest BCUT2D eigenvalue weighted by atomic mass is 9.97. The van der Waals surface area contributed by atoms with Crippen LogP contribution in [0.2, 0.25) is 10.0 Å². The third-order valence-electron chi connectivity index (χ3n) is 6.30. The number of rotatable bonds is 9. The molecule has 192 valence electrons. The lowest BCUT2D eigenvalue weighted by Crippen LogP contribution is -2.19. The number of methoxy groups -OCH3 is 3. The van der Waals surface area contributed by atoms with Gasteiger partial charge in [-0.3, -0.25) is 9.78 Å². The maximum absolute atomic E-state index is 13.4. The van der Waals surface area contributed by atoms with E-state index in [9.17, 15) is 4.79 Å². The average molecular weight is 540 g/mol. The Morgan fingerprint density at radius 2 is 1.46 bits per heavy atom. The molecular formula is C29H27Cl2NO5. The first kappa shape index (κ1) is 26.6. The summed E-state index contributed by atoms with van der Waals surface area (Å²) in [4.78, 5) is 17.4. The molecule has 37 heavy (non-hydrogen) atoms. The molecule has 3 aromatic carbocycles. The molecule has 0 bridgehead atoms. The van der Waals surface area contributed by atoms with Gasteiger partial charge in [-0.1, -0.05) is 53.5 Å². The van der Waals surface area contributed by atoms with Gasteiger partial charge in [-0.2, -0.15) is 0 Å². The second kappa shape index (κ2) is 11.7. The van der Waals surface area contributed by atoms with Crippen molar-refractivity contribution in [2.75, 3.05) is 21.3 Å². The van der Waals surface area contributed by atoms with E-state index in [4.69, 9.17) is 42.1 Å². The van der Waals surface area contributed by atoms with Crippen LogP contribution < -0.4 is 14.2 Å². The Labute approximate surface area is 226 Å². The zero-order valence-electron chi connectivity index (χ0n) is 21.0. The van der Waals surface area contributed by atoms with Gasteiger partial charge in [0.2, 0.25) is 0 Å². The van der Waals surface area contributed by atoms with Crippen molar-refractivity contribution in [2.45, 2.75) is 25.4 Å². The minimum Gasteiger partial charge on any atom is -0.497 e. The van der Waals surface area contributed by atoms with Gasteiger partial charge in [0, 0.05) is 18.8 Å². The fourth-order valence-electron chi connectivity index (χ4n) is 4.12. The summed E-state index contributed by atoms with van der Waals surface area (Å²) in [7, 11) is 4.75. The molecule has 4 rings (SSSR count). The SMILES string of the molecule is COc1ccc2cc([C@H](C)C(=O)O[C@H](Cc3c(Cl)cncc3Cl)c3ccc(OC)c(OC)c3)ccc2c1. The molecule has 0 aliphatic carbocycles. The molecule has 0 radical (unpaired) electrons. The molecule has 0 fully saturated rings. The van der Waals surface area contributed by atoms with E-state index in [0.29, 0.717) is 32.7 Å². The highest BCUT2D eigenvalue weighted by atomic mass is 35.5. The summed E-state index contributed by atoms with van der Waals surface area (Å²) in [6.07, 6.45) is 2.61. The number of halogens is 2. The number of fused-ring (bicyclic) bond motifs is 1. The van der Waals surface area contributed by atoms with Crippen LogP contribution in [0.4, 0.5) is 0 Å². The van der Waals surface area contributed by atoms with E-state index in [1.807, 2.05) is 49.4 Å². The van der Waals surface area contributed by atoms with Crippen LogP contribution in [0.3, 0.4) is 0 Å². The van der Waals surface area contributed by atoms with E-state index in [1.165, 1.54) is 12.4 Å². The number of esters is 1. The van der Waals surface area contributed by atoms with Crippen molar-refractivity contribution < 1.29 is 23.7 Å². The molecular weight excluding hydrogens is 513 g/mol. The van der Waals surface area contributed by atoms with E-state index in [-0.39, 0.29) is 12.4 Å². The topological polar surface area (TPSA) is 66.9 Å². The van der Waals surface area contributed by atoms with Crippen LogP contribution in [0.1, 0.15) is 35.6 Å². The Morgan fingerprint density at radius 3 is 2.14 bits per heavy atom. The molecule has 6 nitrogen and oxygen atoms in total. The van der Waals surface area contributed by atoms with E-state index < -0.39 is 12.0 Å². The Hall–Kier alpha value is -3.48.